The van der Waals surface area contributed by atoms with E-state index in [4.69, 9.17) is 4.74 Å². The first-order chi connectivity index (χ1) is 12.5. The van der Waals surface area contributed by atoms with Gasteiger partial charge in [0.25, 0.3) is 0 Å². The molecular formula is C18H30N4O4S. The highest BCUT2D eigenvalue weighted by atomic mass is 32.2. The molecular weight excluding hydrogens is 368 g/mol. The first-order valence-corrected chi connectivity index (χ1v) is 11.3. The number of anilines is 1. The lowest BCUT2D eigenvalue weighted by atomic mass is 10.2. The highest BCUT2D eigenvalue weighted by Crippen LogP contribution is 2.31. The van der Waals surface area contributed by atoms with Crippen molar-refractivity contribution in [3.05, 3.63) is 11.4 Å². The van der Waals surface area contributed by atoms with Gasteiger partial charge in [-0.15, -0.1) is 0 Å². The van der Waals surface area contributed by atoms with Crippen LogP contribution in [0, 0.1) is 13.8 Å². The van der Waals surface area contributed by atoms with Crippen molar-refractivity contribution in [2.45, 2.75) is 52.7 Å². The molecule has 0 radical (unpaired) electrons. The van der Waals surface area contributed by atoms with E-state index < -0.39 is 15.4 Å². The van der Waals surface area contributed by atoms with Gasteiger partial charge in [0.1, 0.15) is 5.60 Å². The van der Waals surface area contributed by atoms with Crippen molar-refractivity contribution < 1.29 is 17.9 Å². The van der Waals surface area contributed by atoms with Crippen molar-refractivity contribution in [1.82, 2.24) is 14.7 Å². The Kier molecular flexibility index (Phi) is 5.18. The molecule has 2 saturated heterocycles. The van der Waals surface area contributed by atoms with Gasteiger partial charge in [-0.05, 0) is 41.0 Å². The van der Waals surface area contributed by atoms with Crippen LogP contribution in [0.5, 0.6) is 0 Å². The van der Waals surface area contributed by atoms with Crippen LogP contribution in [0.25, 0.3) is 0 Å². The molecule has 0 aliphatic carbocycles. The molecule has 1 atom stereocenters. The molecule has 8 nitrogen and oxygen atoms in total. The zero-order chi connectivity index (χ0) is 20.0. The van der Waals surface area contributed by atoms with E-state index in [2.05, 4.69) is 10.00 Å². The van der Waals surface area contributed by atoms with Crippen molar-refractivity contribution in [3.63, 3.8) is 0 Å². The maximum atomic E-state index is 12.2. The molecule has 0 saturated carbocycles. The number of carbonyl (C=O) groups excluding carboxylic acids is 1. The van der Waals surface area contributed by atoms with Crippen molar-refractivity contribution in [3.8, 4) is 0 Å². The summed E-state index contributed by atoms with van der Waals surface area (Å²) in [5.74, 6) is 0.404. The van der Waals surface area contributed by atoms with Gasteiger partial charge in [0, 0.05) is 26.2 Å². The number of piperazine rings is 1. The van der Waals surface area contributed by atoms with Gasteiger partial charge in [-0.2, -0.15) is 5.10 Å². The Morgan fingerprint density at radius 1 is 1.15 bits per heavy atom. The molecule has 0 N–H and O–H groups in total. The lowest BCUT2D eigenvalue weighted by Gasteiger charge is -2.36. The van der Waals surface area contributed by atoms with Crippen LogP contribution in [0.15, 0.2) is 0 Å². The van der Waals surface area contributed by atoms with Crippen LogP contribution < -0.4 is 4.90 Å². The topological polar surface area (TPSA) is 84.7 Å². The quantitative estimate of drug-likeness (QED) is 0.757. The molecule has 3 heterocycles. The summed E-state index contributed by atoms with van der Waals surface area (Å²) in [6.07, 6.45) is 0.346. The van der Waals surface area contributed by atoms with Crippen LogP contribution in [0.3, 0.4) is 0 Å². The highest BCUT2D eigenvalue weighted by Gasteiger charge is 2.33. The average Bonchev–Trinajstić information content (AvgIpc) is 3.05. The number of ether oxygens (including phenoxy) is 1. The van der Waals surface area contributed by atoms with Crippen LogP contribution in [-0.2, 0) is 14.6 Å². The Morgan fingerprint density at radius 3 is 2.30 bits per heavy atom. The second kappa shape index (κ2) is 7.00. The van der Waals surface area contributed by atoms with E-state index in [1.807, 2.05) is 39.3 Å². The van der Waals surface area contributed by atoms with Gasteiger partial charge in [0.2, 0.25) is 0 Å². The predicted octanol–water partition coefficient (Wildman–Crippen LogP) is 1.92. The molecule has 3 rings (SSSR count). The van der Waals surface area contributed by atoms with E-state index >= 15 is 0 Å². The Morgan fingerprint density at radius 2 is 1.78 bits per heavy atom. The Labute approximate surface area is 161 Å². The van der Waals surface area contributed by atoms with Gasteiger partial charge >= 0.3 is 6.09 Å². The standard InChI is InChI=1S/C18H30N4O4S/c1-13-16(14(2)22(19-13)15-6-11-27(24,25)12-15)20-7-9-21(10-8-20)17(23)26-18(3,4)5/h15H,6-12H2,1-5H3/t15-/m0/s1. The Hall–Kier alpha value is -1.77. The number of rotatable bonds is 2. The molecule has 0 bridgehead atoms. The SMILES string of the molecule is Cc1nn([C@H]2CCS(=O)(=O)C2)c(C)c1N1CCN(C(=O)OC(C)(C)C)CC1. The number of carbonyl (C=O) groups is 1. The van der Waals surface area contributed by atoms with Crippen LogP contribution in [0.1, 0.15) is 44.6 Å². The summed E-state index contributed by atoms with van der Waals surface area (Å²) in [6.45, 7) is 12.2. The molecule has 2 fully saturated rings. The first-order valence-electron chi connectivity index (χ1n) is 9.46. The zero-order valence-corrected chi connectivity index (χ0v) is 17.7. The summed E-state index contributed by atoms with van der Waals surface area (Å²) in [4.78, 5) is 16.2. The van der Waals surface area contributed by atoms with Crippen molar-refractivity contribution in [1.29, 1.82) is 0 Å². The molecule has 0 spiro atoms. The van der Waals surface area contributed by atoms with E-state index in [9.17, 15) is 13.2 Å². The van der Waals surface area contributed by atoms with Gasteiger partial charge in [-0.1, -0.05) is 0 Å². The zero-order valence-electron chi connectivity index (χ0n) is 16.9. The average molecular weight is 399 g/mol. The minimum Gasteiger partial charge on any atom is -0.444 e. The fourth-order valence-corrected chi connectivity index (χ4v) is 5.57. The molecule has 0 unspecified atom stereocenters. The summed E-state index contributed by atoms with van der Waals surface area (Å²) in [7, 11) is -2.95. The van der Waals surface area contributed by atoms with Gasteiger partial charge in [0.15, 0.2) is 9.84 Å². The third kappa shape index (κ3) is 4.39. The van der Waals surface area contributed by atoms with E-state index in [0.717, 1.165) is 17.1 Å². The fourth-order valence-electron chi connectivity index (χ4n) is 3.87. The Balaban J connectivity index is 1.69. The maximum absolute atomic E-state index is 12.2. The third-order valence-electron chi connectivity index (χ3n) is 5.09. The molecule has 152 valence electrons. The van der Waals surface area contributed by atoms with E-state index in [1.165, 1.54) is 0 Å². The second-order valence-electron chi connectivity index (χ2n) is 8.48. The summed E-state index contributed by atoms with van der Waals surface area (Å²) < 4.78 is 31.0. The second-order valence-corrected chi connectivity index (χ2v) is 10.7. The smallest absolute Gasteiger partial charge is 0.410 e. The molecule has 0 aromatic carbocycles. The van der Waals surface area contributed by atoms with Crippen LogP contribution in [-0.4, -0.2) is 72.5 Å². The van der Waals surface area contributed by atoms with Gasteiger partial charge in [0.05, 0.1) is 34.6 Å². The van der Waals surface area contributed by atoms with E-state index in [-0.39, 0.29) is 23.6 Å². The monoisotopic (exact) mass is 398 g/mol. The summed E-state index contributed by atoms with van der Waals surface area (Å²) in [6, 6.07) is -0.0782. The van der Waals surface area contributed by atoms with Crippen molar-refractivity contribution >= 4 is 21.6 Å². The van der Waals surface area contributed by atoms with Gasteiger partial charge in [-0.3, -0.25) is 4.68 Å². The number of aryl methyl sites for hydroxylation is 1. The molecule has 9 heteroatoms. The highest BCUT2D eigenvalue weighted by molar-refractivity contribution is 7.91. The van der Waals surface area contributed by atoms with E-state index in [0.29, 0.717) is 32.6 Å². The van der Waals surface area contributed by atoms with Crippen LogP contribution >= 0.6 is 0 Å². The normalized spacial score (nSPS) is 22.9. The van der Waals surface area contributed by atoms with Crippen LogP contribution in [0.4, 0.5) is 10.5 Å². The fraction of sp³-hybridized carbons (Fsp3) is 0.778. The molecule has 2 aliphatic heterocycles. The van der Waals surface area contributed by atoms with Crippen molar-refractivity contribution in [2.75, 3.05) is 42.6 Å². The first kappa shape index (κ1) is 20.0. The maximum Gasteiger partial charge on any atom is 0.410 e. The number of aromatic nitrogens is 2. The predicted molar refractivity (Wildman–Crippen MR) is 104 cm³/mol. The van der Waals surface area contributed by atoms with Crippen LogP contribution in [0.2, 0.25) is 0 Å². The lowest BCUT2D eigenvalue weighted by Crippen LogP contribution is -2.50. The molecule has 1 aromatic heterocycles. The van der Waals surface area contributed by atoms with Gasteiger partial charge in [-0.25, -0.2) is 13.2 Å². The minimum absolute atomic E-state index is 0.0782. The summed E-state index contributed by atoms with van der Waals surface area (Å²) >= 11 is 0. The number of hydrogen-bond acceptors (Lipinski definition) is 6. The van der Waals surface area contributed by atoms with Crippen molar-refractivity contribution in [2.24, 2.45) is 0 Å². The lowest BCUT2D eigenvalue weighted by molar-refractivity contribution is 0.0240. The molecule has 27 heavy (non-hydrogen) atoms. The minimum atomic E-state index is -2.95. The van der Waals surface area contributed by atoms with E-state index in [1.54, 1.807) is 4.90 Å². The molecule has 2 aliphatic rings. The largest absolute Gasteiger partial charge is 0.444 e. The molecule has 1 amide bonds. The Bertz CT molecular complexity index is 817. The molecule has 1 aromatic rings. The third-order valence-corrected chi connectivity index (χ3v) is 6.84. The number of amides is 1. The number of nitrogens with zero attached hydrogens (tertiary/aromatic N) is 4. The summed E-state index contributed by atoms with van der Waals surface area (Å²) in [5, 5.41) is 4.64. The number of hydrogen-bond donors (Lipinski definition) is 0. The number of sulfone groups is 1. The summed E-state index contributed by atoms with van der Waals surface area (Å²) in [5.41, 5.74) is 2.47. The van der Waals surface area contributed by atoms with Gasteiger partial charge < -0.3 is 14.5 Å².